The summed E-state index contributed by atoms with van der Waals surface area (Å²) in [5.41, 5.74) is 2.65. The van der Waals surface area contributed by atoms with Crippen molar-refractivity contribution in [2.24, 2.45) is 0 Å². The van der Waals surface area contributed by atoms with Gasteiger partial charge in [-0.05, 0) is 31.9 Å². The molecule has 1 fully saturated rings. The monoisotopic (exact) mass is 260 g/mol. The van der Waals surface area contributed by atoms with Crippen LogP contribution in [0, 0.1) is 6.92 Å². The number of nitrogens with zero attached hydrogens (tertiary/aromatic N) is 2. The highest BCUT2D eigenvalue weighted by atomic mass is 16.6. The number of imidazole rings is 1. The molecule has 1 aliphatic rings. The third-order valence-corrected chi connectivity index (χ3v) is 3.37. The van der Waals surface area contributed by atoms with Crippen LogP contribution in [0.5, 0.6) is 0 Å². The van der Waals surface area contributed by atoms with Gasteiger partial charge < -0.3 is 13.9 Å². The summed E-state index contributed by atoms with van der Waals surface area (Å²) >= 11 is 0. The Morgan fingerprint density at radius 2 is 2.47 bits per heavy atom. The minimum absolute atomic E-state index is 0.232. The maximum atomic E-state index is 11.8. The molecule has 0 aromatic carbocycles. The molecule has 2 aromatic rings. The van der Waals surface area contributed by atoms with E-state index in [-0.39, 0.29) is 18.7 Å². The standard InChI is InChI=1S/C14H16N2O3/c1-10-11(16-7-3-2-6-13(16)15-10)9-19-14(17)12-5-4-8-18-12/h2-3,6-7,12H,4-5,8-9H2,1H3. The van der Waals surface area contributed by atoms with E-state index in [1.165, 1.54) is 0 Å². The topological polar surface area (TPSA) is 52.8 Å². The van der Waals surface area contributed by atoms with E-state index in [0.29, 0.717) is 6.61 Å². The molecule has 2 aromatic heterocycles. The molecule has 0 saturated carbocycles. The number of rotatable bonds is 3. The van der Waals surface area contributed by atoms with Crippen LogP contribution in [0.3, 0.4) is 0 Å². The molecule has 0 N–H and O–H groups in total. The molecule has 1 unspecified atom stereocenters. The van der Waals surface area contributed by atoms with Crippen molar-refractivity contribution in [3.05, 3.63) is 35.8 Å². The molecule has 5 heteroatoms. The first kappa shape index (κ1) is 12.2. The van der Waals surface area contributed by atoms with Crippen LogP contribution >= 0.6 is 0 Å². The summed E-state index contributed by atoms with van der Waals surface area (Å²) < 4.78 is 12.6. The lowest BCUT2D eigenvalue weighted by atomic mass is 10.2. The van der Waals surface area contributed by atoms with Gasteiger partial charge in [-0.3, -0.25) is 0 Å². The van der Waals surface area contributed by atoms with Gasteiger partial charge in [0.25, 0.3) is 0 Å². The predicted molar refractivity (Wildman–Crippen MR) is 68.7 cm³/mol. The highest BCUT2D eigenvalue weighted by Gasteiger charge is 2.25. The normalized spacial score (nSPS) is 18.9. The van der Waals surface area contributed by atoms with E-state index in [9.17, 15) is 4.79 Å². The van der Waals surface area contributed by atoms with Gasteiger partial charge in [0.2, 0.25) is 0 Å². The summed E-state index contributed by atoms with van der Waals surface area (Å²) in [5, 5.41) is 0. The molecule has 1 aliphatic heterocycles. The molecule has 0 amide bonds. The fourth-order valence-electron chi connectivity index (χ4n) is 2.33. The van der Waals surface area contributed by atoms with Crippen molar-refractivity contribution in [1.82, 2.24) is 9.38 Å². The lowest BCUT2D eigenvalue weighted by Gasteiger charge is -2.10. The van der Waals surface area contributed by atoms with Crippen LogP contribution in [0.25, 0.3) is 5.65 Å². The Bertz CT molecular complexity index is 600. The summed E-state index contributed by atoms with van der Waals surface area (Å²) in [6.45, 7) is 2.80. The number of esters is 1. The number of aromatic nitrogens is 2. The zero-order valence-electron chi connectivity index (χ0n) is 10.8. The van der Waals surface area contributed by atoms with E-state index in [2.05, 4.69) is 4.98 Å². The fraction of sp³-hybridized carbons (Fsp3) is 0.429. The van der Waals surface area contributed by atoms with E-state index in [4.69, 9.17) is 9.47 Å². The van der Waals surface area contributed by atoms with Crippen LogP contribution in [0.4, 0.5) is 0 Å². The van der Waals surface area contributed by atoms with E-state index in [1.807, 2.05) is 35.7 Å². The fourth-order valence-corrected chi connectivity index (χ4v) is 2.33. The SMILES string of the molecule is Cc1nc2ccccn2c1COC(=O)C1CCCO1. The van der Waals surface area contributed by atoms with Crippen LogP contribution in [0.2, 0.25) is 0 Å². The van der Waals surface area contributed by atoms with Crippen LogP contribution in [0.1, 0.15) is 24.2 Å². The van der Waals surface area contributed by atoms with Gasteiger partial charge in [-0.25, -0.2) is 9.78 Å². The van der Waals surface area contributed by atoms with Crippen molar-refractivity contribution in [1.29, 1.82) is 0 Å². The minimum atomic E-state index is -0.389. The number of pyridine rings is 1. The van der Waals surface area contributed by atoms with Crippen LogP contribution < -0.4 is 0 Å². The first-order valence-electron chi connectivity index (χ1n) is 6.46. The van der Waals surface area contributed by atoms with Crippen molar-refractivity contribution >= 4 is 11.6 Å². The summed E-state index contributed by atoms with van der Waals surface area (Å²) in [6.07, 6.45) is 3.21. The number of hydrogen-bond donors (Lipinski definition) is 0. The van der Waals surface area contributed by atoms with Crippen molar-refractivity contribution in [3.63, 3.8) is 0 Å². The van der Waals surface area contributed by atoms with Crippen LogP contribution in [-0.4, -0.2) is 28.1 Å². The minimum Gasteiger partial charge on any atom is -0.457 e. The third-order valence-electron chi connectivity index (χ3n) is 3.37. The predicted octanol–water partition coefficient (Wildman–Crippen LogP) is 1.86. The molecule has 3 heterocycles. The molecule has 100 valence electrons. The zero-order valence-corrected chi connectivity index (χ0v) is 10.8. The second-order valence-electron chi connectivity index (χ2n) is 4.68. The molecule has 0 spiro atoms. The Morgan fingerprint density at radius 3 is 3.26 bits per heavy atom. The van der Waals surface area contributed by atoms with Crippen LogP contribution in [-0.2, 0) is 20.9 Å². The number of ether oxygens (including phenoxy) is 2. The quantitative estimate of drug-likeness (QED) is 0.790. The number of fused-ring (bicyclic) bond motifs is 1. The molecule has 0 aliphatic carbocycles. The Morgan fingerprint density at radius 1 is 1.58 bits per heavy atom. The first-order chi connectivity index (χ1) is 9.25. The van der Waals surface area contributed by atoms with E-state index in [1.54, 1.807) is 0 Å². The van der Waals surface area contributed by atoms with Crippen molar-refractivity contribution in [3.8, 4) is 0 Å². The third kappa shape index (κ3) is 2.33. The molecule has 5 nitrogen and oxygen atoms in total. The second kappa shape index (κ2) is 5.01. The van der Waals surface area contributed by atoms with Crippen molar-refractivity contribution in [2.75, 3.05) is 6.61 Å². The second-order valence-corrected chi connectivity index (χ2v) is 4.68. The van der Waals surface area contributed by atoms with Gasteiger partial charge in [-0.1, -0.05) is 6.07 Å². The average Bonchev–Trinajstić information content (AvgIpc) is 3.03. The van der Waals surface area contributed by atoms with E-state index in [0.717, 1.165) is 29.9 Å². The highest BCUT2D eigenvalue weighted by molar-refractivity contribution is 5.74. The summed E-state index contributed by atoms with van der Waals surface area (Å²) in [6, 6.07) is 5.79. The maximum absolute atomic E-state index is 11.8. The highest BCUT2D eigenvalue weighted by Crippen LogP contribution is 2.16. The van der Waals surface area contributed by atoms with Gasteiger partial charge in [0, 0.05) is 12.8 Å². The number of hydrogen-bond acceptors (Lipinski definition) is 4. The largest absolute Gasteiger partial charge is 0.457 e. The smallest absolute Gasteiger partial charge is 0.335 e. The van der Waals surface area contributed by atoms with Gasteiger partial charge in [-0.2, -0.15) is 0 Å². The van der Waals surface area contributed by atoms with Gasteiger partial charge in [0.05, 0.1) is 11.4 Å². The number of aryl methyl sites for hydroxylation is 1. The summed E-state index contributed by atoms with van der Waals surface area (Å²) in [7, 11) is 0. The van der Waals surface area contributed by atoms with E-state index >= 15 is 0 Å². The number of carbonyl (C=O) groups is 1. The molecule has 0 radical (unpaired) electrons. The molecule has 1 saturated heterocycles. The maximum Gasteiger partial charge on any atom is 0.335 e. The van der Waals surface area contributed by atoms with Crippen molar-refractivity contribution in [2.45, 2.75) is 32.5 Å². The molecule has 0 bridgehead atoms. The molecule has 3 rings (SSSR count). The molecular formula is C14H16N2O3. The van der Waals surface area contributed by atoms with Gasteiger partial charge in [0.15, 0.2) is 6.10 Å². The summed E-state index contributed by atoms with van der Waals surface area (Å²) in [4.78, 5) is 16.2. The Balaban J connectivity index is 1.74. The summed E-state index contributed by atoms with van der Waals surface area (Å²) in [5.74, 6) is -0.275. The lowest BCUT2D eigenvalue weighted by molar-refractivity contribution is -0.155. The Hall–Kier alpha value is -1.88. The molecule has 19 heavy (non-hydrogen) atoms. The molecular weight excluding hydrogens is 244 g/mol. The number of carbonyl (C=O) groups excluding carboxylic acids is 1. The zero-order chi connectivity index (χ0) is 13.2. The lowest BCUT2D eigenvalue weighted by Crippen LogP contribution is -2.22. The van der Waals surface area contributed by atoms with Crippen molar-refractivity contribution < 1.29 is 14.3 Å². The van der Waals surface area contributed by atoms with Gasteiger partial charge in [-0.15, -0.1) is 0 Å². The Labute approximate surface area is 111 Å². The Kier molecular flexibility index (Phi) is 3.21. The average molecular weight is 260 g/mol. The first-order valence-corrected chi connectivity index (χ1v) is 6.46. The van der Waals surface area contributed by atoms with Gasteiger partial charge >= 0.3 is 5.97 Å². The van der Waals surface area contributed by atoms with Gasteiger partial charge in [0.1, 0.15) is 12.3 Å². The molecule has 1 atom stereocenters. The van der Waals surface area contributed by atoms with Crippen LogP contribution in [0.15, 0.2) is 24.4 Å². The van der Waals surface area contributed by atoms with E-state index < -0.39 is 0 Å².